The first-order valence-corrected chi connectivity index (χ1v) is 5.47. The summed E-state index contributed by atoms with van der Waals surface area (Å²) < 4.78 is 15.5. The number of pyridine rings is 1. The summed E-state index contributed by atoms with van der Waals surface area (Å²) in [6, 6.07) is 3.60. The average Bonchev–Trinajstić information content (AvgIpc) is 3.07. The summed E-state index contributed by atoms with van der Waals surface area (Å²) in [5.41, 5.74) is 10.1. The van der Waals surface area contributed by atoms with Gasteiger partial charge in [0, 0.05) is 16.7 Å². The fourth-order valence-corrected chi connectivity index (χ4v) is 1.97. The zero-order valence-corrected chi connectivity index (χ0v) is 9.04. The summed E-state index contributed by atoms with van der Waals surface area (Å²) in [5.74, 6) is 0.118. The monoisotopic (exact) mass is 231 g/mol. The number of hydrogen-bond donors (Lipinski definition) is 0. The predicted octanol–water partition coefficient (Wildman–Crippen LogP) is 3.16. The van der Waals surface area contributed by atoms with Crippen molar-refractivity contribution in [3.05, 3.63) is 46.0 Å². The normalized spacial score (nSPS) is 14.9. The molecule has 6 heteroatoms. The molecule has 1 fully saturated rings. The molecule has 1 aliphatic rings. The van der Waals surface area contributed by atoms with Crippen molar-refractivity contribution in [1.82, 2.24) is 9.38 Å². The molecular formula is C11H10FN5. The standard InChI is InChI=1S/C11H10FN5/c12-11-9(7-1-2-7)3-4-10-15-8(5-14-16-13)6-17(10)11/h3-4,6-7H,1-2,5H2. The van der Waals surface area contributed by atoms with Crippen molar-refractivity contribution in [1.29, 1.82) is 0 Å². The van der Waals surface area contributed by atoms with Crippen LogP contribution in [0.1, 0.15) is 30.0 Å². The zero-order chi connectivity index (χ0) is 11.8. The van der Waals surface area contributed by atoms with Gasteiger partial charge in [-0.15, -0.1) is 0 Å². The number of halogens is 1. The third-order valence-electron chi connectivity index (χ3n) is 2.96. The zero-order valence-electron chi connectivity index (χ0n) is 9.04. The van der Waals surface area contributed by atoms with Gasteiger partial charge < -0.3 is 0 Å². The molecule has 0 aliphatic heterocycles. The molecule has 0 saturated heterocycles. The highest BCUT2D eigenvalue weighted by Crippen LogP contribution is 2.41. The minimum absolute atomic E-state index is 0.149. The second-order valence-corrected chi connectivity index (χ2v) is 4.20. The van der Waals surface area contributed by atoms with Crippen molar-refractivity contribution < 1.29 is 4.39 Å². The van der Waals surface area contributed by atoms with Crippen molar-refractivity contribution in [3.63, 3.8) is 0 Å². The highest BCUT2D eigenvalue weighted by molar-refractivity contribution is 5.43. The Morgan fingerprint density at radius 1 is 1.53 bits per heavy atom. The average molecular weight is 231 g/mol. The lowest BCUT2D eigenvalue weighted by Gasteiger charge is -2.02. The molecule has 0 aromatic carbocycles. The molecule has 5 nitrogen and oxygen atoms in total. The van der Waals surface area contributed by atoms with Crippen LogP contribution in [0.25, 0.3) is 16.1 Å². The summed E-state index contributed by atoms with van der Waals surface area (Å²) in [5, 5.41) is 3.42. The molecule has 2 aromatic rings. The van der Waals surface area contributed by atoms with Gasteiger partial charge in [0.25, 0.3) is 0 Å². The molecule has 2 heterocycles. The lowest BCUT2D eigenvalue weighted by Crippen LogP contribution is -1.96. The van der Waals surface area contributed by atoms with Gasteiger partial charge in [0.1, 0.15) is 5.65 Å². The Kier molecular flexibility index (Phi) is 2.23. The lowest BCUT2D eigenvalue weighted by atomic mass is 10.2. The Hall–Kier alpha value is -2.07. The Balaban J connectivity index is 2.08. The van der Waals surface area contributed by atoms with Gasteiger partial charge in [-0.3, -0.25) is 4.40 Å². The van der Waals surface area contributed by atoms with Gasteiger partial charge >= 0.3 is 0 Å². The van der Waals surface area contributed by atoms with E-state index in [1.165, 1.54) is 4.40 Å². The third kappa shape index (κ3) is 1.72. The number of rotatable bonds is 3. The number of aromatic nitrogens is 2. The summed E-state index contributed by atoms with van der Waals surface area (Å²) in [7, 11) is 0. The molecule has 0 amide bonds. The first kappa shape index (κ1) is 10.1. The summed E-state index contributed by atoms with van der Waals surface area (Å²) in [6.45, 7) is 0.149. The molecule has 0 radical (unpaired) electrons. The molecule has 0 spiro atoms. The molecule has 0 bridgehead atoms. The third-order valence-corrected chi connectivity index (χ3v) is 2.96. The molecule has 0 atom stereocenters. The van der Waals surface area contributed by atoms with E-state index in [0.717, 1.165) is 18.4 Å². The predicted molar refractivity (Wildman–Crippen MR) is 60.0 cm³/mol. The van der Waals surface area contributed by atoms with E-state index in [-0.39, 0.29) is 12.5 Å². The molecule has 3 rings (SSSR count). The van der Waals surface area contributed by atoms with E-state index in [0.29, 0.717) is 17.3 Å². The summed E-state index contributed by atoms with van der Waals surface area (Å²) >= 11 is 0. The van der Waals surface area contributed by atoms with E-state index >= 15 is 0 Å². The molecule has 2 aromatic heterocycles. The number of azide groups is 1. The Labute approximate surface area is 96.5 Å². The lowest BCUT2D eigenvalue weighted by molar-refractivity contribution is 0.551. The highest BCUT2D eigenvalue weighted by atomic mass is 19.1. The molecular weight excluding hydrogens is 221 g/mol. The molecule has 17 heavy (non-hydrogen) atoms. The van der Waals surface area contributed by atoms with Crippen LogP contribution in [0.15, 0.2) is 23.4 Å². The van der Waals surface area contributed by atoms with E-state index in [1.54, 1.807) is 18.3 Å². The number of imidazole rings is 1. The second kappa shape index (κ2) is 3.75. The van der Waals surface area contributed by atoms with Crippen LogP contribution in [0.5, 0.6) is 0 Å². The van der Waals surface area contributed by atoms with Crippen LogP contribution in [-0.2, 0) is 6.54 Å². The van der Waals surface area contributed by atoms with Gasteiger partial charge in [0.2, 0.25) is 5.95 Å². The van der Waals surface area contributed by atoms with Gasteiger partial charge in [0.05, 0.1) is 12.2 Å². The van der Waals surface area contributed by atoms with Crippen LogP contribution < -0.4 is 0 Å². The Bertz CT molecular complexity index is 622. The van der Waals surface area contributed by atoms with E-state index in [2.05, 4.69) is 15.0 Å². The molecule has 1 aliphatic carbocycles. The Morgan fingerprint density at radius 2 is 2.35 bits per heavy atom. The Morgan fingerprint density at radius 3 is 3.06 bits per heavy atom. The van der Waals surface area contributed by atoms with Gasteiger partial charge in [-0.05, 0) is 30.4 Å². The number of nitrogens with zero attached hydrogens (tertiary/aromatic N) is 5. The maximum absolute atomic E-state index is 14.1. The topological polar surface area (TPSA) is 66.1 Å². The van der Waals surface area contributed by atoms with Crippen LogP contribution >= 0.6 is 0 Å². The van der Waals surface area contributed by atoms with Crippen molar-refractivity contribution in [3.8, 4) is 0 Å². The van der Waals surface area contributed by atoms with Gasteiger partial charge in [-0.25, -0.2) is 4.98 Å². The van der Waals surface area contributed by atoms with E-state index in [9.17, 15) is 4.39 Å². The van der Waals surface area contributed by atoms with E-state index in [4.69, 9.17) is 5.53 Å². The minimum Gasteiger partial charge on any atom is -0.276 e. The summed E-state index contributed by atoms with van der Waals surface area (Å²) in [4.78, 5) is 6.85. The number of hydrogen-bond acceptors (Lipinski definition) is 2. The second-order valence-electron chi connectivity index (χ2n) is 4.20. The fraction of sp³-hybridized carbons (Fsp3) is 0.364. The van der Waals surface area contributed by atoms with E-state index in [1.807, 2.05) is 0 Å². The van der Waals surface area contributed by atoms with Crippen molar-refractivity contribution in [2.45, 2.75) is 25.3 Å². The van der Waals surface area contributed by atoms with Gasteiger partial charge in [-0.2, -0.15) is 4.39 Å². The number of fused-ring (bicyclic) bond motifs is 1. The van der Waals surface area contributed by atoms with Crippen LogP contribution in [0.2, 0.25) is 0 Å². The molecule has 0 N–H and O–H groups in total. The maximum Gasteiger partial charge on any atom is 0.202 e. The first-order valence-electron chi connectivity index (χ1n) is 5.47. The largest absolute Gasteiger partial charge is 0.276 e. The van der Waals surface area contributed by atoms with Crippen LogP contribution in [0.3, 0.4) is 0 Å². The smallest absolute Gasteiger partial charge is 0.202 e. The van der Waals surface area contributed by atoms with E-state index < -0.39 is 0 Å². The van der Waals surface area contributed by atoms with Gasteiger partial charge in [-0.1, -0.05) is 11.2 Å². The SMILES string of the molecule is [N-]=[N+]=NCc1cn2c(F)c(C3CC3)ccc2n1. The molecule has 0 unspecified atom stereocenters. The fourth-order valence-electron chi connectivity index (χ4n) is 1.97. The molecule has 86 valence electrons. The van der Waals surface area contributed by atoms with Crippen molar-refractivity contribution >= 4 is 5.65 Å². The highest BCUT2D eigenvalue weighted by Gasteiger charge is 2.27. The quantitative estimate of drug-likeness (QED) is 0.346. The van der Waals surface area contributed by atoms with Gasteiger partial charge in [0.15, 0.2) is 0 Å². The molecule has 1 saturated carbocycles. The van der Waals surface area contributed by atoms with Crippen LogP contribution in [0.4, 0.5) is 4.39 Å². The minimum atomic E-state index is -0.246. The first-order chi connectivity index (χ1) is 8.29. The van der Waals surface area contributed by atoms with Crippen LogP contribution in [0, 0.1) is 5.95 Å². The van der Waals surface area contributed by atoms with Crippen molar-refractivity contribution in [2.75, 3.05) is 0 Å². The van der Waals surface area contributed by atoms with Crippen LogP contribution in [-0.4, -0.2) is 9.38 Å². The van der Waals surface area contributed by atoms with Crippen molar-refractivity contribution in [2.24, 2.45) is 5.11 Å². The maximum atomic E-state index is 14.1. The summed E-state index contributed by atoms with van der Waals surface area (Å²) in [6.07, 6.45) is 3.71.